The molecule has 0 fully saturated rings. The summed E-state index contributed by atoms with van der Waals surface area (Å²) in [6, 6.07) is 0. The first kappa shape index (κ1) is 9.30. The Kier molecular flexibility index (Phi) is 5.97. The van der Waals surface area contributed by atoms with Crippen molar-refractivity contribution in [1.82, 2.24) is 0 Å². The highest BCUT2D eigenvalue weighted by Crippen LogP contribution is 1.98. The van der Waals surface area contributed by atoms with Gasteiger partial charge in [-0.3, -0.25) is 0 Å². The molecule has 0 amide bonds. The molecule has 0 rings (SSSR count). The lowest BCUT2D eigenvalue weighted by Gasteiger charge is -1.97. The number of hydrogen-bond donors (Lipinski definition) is 0. The summed E-state index contributed by atoms with van der Waals surface area (Å²) >= 11 is 1.51. The Morgan fingerprint density at radius 1 is 1.60 bits per heavy atom. The van der Waals surface area contributed by atoms with Crippen molar-refractivity contribution in [2.45, 2.75) is 0 Å². The molecule has 0 aromatic heterocycles. The van der Waals surface area contributed by atoms with Crippen LogP contribution in [0.15, 0.2) is 24.6 Å². The van der Waals surface area contributed by atoms with E-state index in [2.05, 4.69) is 17.9 Å². The van der Waals surface area contributed by atoms with Gasteiger partial charge in [-0.15, -0.1) is 11.8 Å². The van der Waals surface area contributed by atoms with E-state index >= 15 is 0 Å². The molecular weight excluding hydrogens is 148 g/mol. The summed E-state index contributed by atoms with van der Waals surface area (Å²) in [5.41, 5.74) is 0. The van der Waals surface area contributed by atoms with Gasteiger partial charge in [0, 0.05) is 11.8 Å². The number of carbonyl (C=O) groups excluding carboxylic acids is 1. The fourth-order valence-electron chi connectivity index (χ4n) is 0.333. The lowest BCUT2D eigenvalue weighted by atomic mass is 10.6. The van der Waals surface area contributed by atoms with E-state index in [0.29, 0.717) is 6.61 Å². The van der Waals surface area contributed by atoms with Crippen LogP contribution in [-0.4, -0.2) is 18.3 Å². The molecule has 0 unspecified atom stereocenters. The van der Waals surface area contributed by atoms with E-state index in [0.717, 1.165) is 11.8 Å². The fraction of sp³-hybridized carbons (Fsp3) is 0.286. The Morgan fingerprint density at radius 3 is 2.80 bits per heavy atom. The Hall–Kier alpha value is -0.700. The van der Waals surface area contributed by atoms with Gasteiger partial charge in [-0.2, -0.15) is 0 Å². The molecular formula is C7H10O2S. The van der Waals surface area contributed by atoms with Crippen LogP contribution in [0.4, 0.5) is 0 Å². The minimum atomic E-state index is -0.371. The monoisotopic (exact) mass is 158 g/mol. The van der Waals surface area contributed by atoms with Gasteiger partial charge in [0.1, 0.15) is 6.61 Å². The van der Waals surface area contributed by atoms with Crippen LogP contribution < -0.4 is 0 Å². The highest BCUT2D eigenvalue weighted by atomic mass is 32.2. The van der Waals surface area contributed by atoms with E-state index in [4.69, 9.17) is 0 Å². The lowest BCUT2D eigenvalue weighted by molar-refractivity contribution is -0.137. The molecule has 10 heavy (non-hydrogen) atoms. The van der Waals surface area contributed by atoms with Crippen LogP contribution >= 0.6 is 11.8 Å². The standard InChI is InChI=1S/C7H10O2S/c1-3-7(8)9-5-6-10-4-2/h3-4H,1-2,5-6H2. The van der Waals surface area contributed by atoms with Gasteiger partial charge in [-0.05, 0) is 5.41 Å². The third-order valence-corrected chi connectivity index (χ3v) is 1.37. The highest BCUT2D eigenvalue weighted by Gasteiger charge is 1.92. The van der Waals surface area contributed by atoms with Crippen molar-refractivity contribution in [3.8, 4) is 0 Å². The number of carbonyl (C=O) groups is 1. The molecule has 0 spiro atoms. The lowest BCUT2D eigenvalue weighted by Crippen LogP contribution is -2.02. The van der Waals surface area contributed by atoms with Crippen molar-refractivity contribution in [3.05, 3.63) is 24.6 Å². The molecule has 56 valence electrons. The molecule has 0 heterocycles. The Morgan fingerprint density at radius 2 is 2.30 bits per heavy atom. The average Bonchev–Trinajstić information content (AvgIpc) is 1.98. The second-order valence-electron chi connectivity index (χ2n) is 1.41. The maximum Gasteiger partial charge on any atom is 0.330 e. The average molecular weight is 158 g/mol. The van der Waals surface area contributed by atoms with Crippen LogP contribution in [0, 0.1) is 0 Å². The molecule has 0 aliphatic carbocycles. The van der Waals surface area contributed by atoms with Crippen LogP contribution in [-0.2, 0) is 9.53 Å². The van der Waals surface area contributed by atoms with Crippen LogP contribution in [0.3, 0.4) is 0 Å². The molecule has 0 aromatic carbocycles. The van der Waals surface area contributed by atoms with E-state index in [1.165, 1.54) is 11.8 Å². The maximum atomic E-state index is 10.4. The summed E-state index contributed by atoms with van der Waals surface area (Å²) in [6.45, 7) is 7.18. The smallest absolute Gasteiger partial charge is 0.330 e. The molecule has 0 atom stereocenters. The molecule has 0 radical (unpaired) electrons. The molecule has 0 N–H and O–H groups in total. The Balaban J connectivity index is 3.11. The number of esters is 1. The first-order valence-corrected chi connectivity index (χ1v) is 3.88. The third kappa shape index (κ3) is 5.44. The van der Waals surface area contributed by atoms with E-state index in [1.54, 1.807) is 5.41 Å². The topological polar surface area (TPSA) is 26.3 Å². The Labute approximate surface area is 64.9 Å². The summed E-state index contributed by atoms with van der Waals surface area (Å²) in [5.74, 6) is 0.382. The van der Waals surface area contributed by atoms with Crippen molar-refractivity contribution in [2.24, 2.45) is 0 Å². The molecule has 3 heteroatoms. The van der Waals surface area contributed by atoms with Crippen LogP contribution in [0.5, 0.6) is 0 Å². The van der Waals surface area contributed by atoms with E-state index in [1.807, 2.05) is 0 Å². The zero-order valence-corrected chi connectivity index (χ0v) is 6.52. The molecule has 0 aliphatic rings. The zero-order chi connectivity index (χ0) is 7.82. The number of rotatable bonds is 5. The molecule has 0 aromatic rings. The van der Waals surface area contributed by atoms with E-state index in [9.17, 15) is 4.79 Å². The summed E-state index contributed by atoms with van der Waals surface area (Å²) in [7, 11) is 0. The van der Waals surface area contributed by atoms with Crippen molar-refractivity contribution >= 4 is 17.7 Å². The first-order valence-electron chi connectivity index (χ1n) is 2.83. The quantitative estimate of drug-likeness (QED) is 0.345. The second-order valence-corrected chi connectivity index (χ2v) is 2.48. The van der Waals surface area contributed by atoms with Crippen molar-refractivity contribution < 1.29 is 9.53 Å². The van der Waals surface area contributed by atoms with Gasteiger partial charge in [0.05, 0.1) is 0 Å². The first-order chi connectivity index (χ1) is 4.81. The normalized spacial score (nSPS) is 8.40. The van der Waals surface area contributed by atoms with Gasteiger partial charge in [0.15, 0.2) is 0 Å². The maximum absolute atomic E-state index is 10.4. The van der Waals surface area contributed by atoms with Crippen molar-refractivity contribution in [2.75, 3.05) is 12.4 Å². The van der Waals surface area contributed by atoms with Crippen molar-refractivity contribution in [3.63, 3.8) is 0 Å². The molecule has 2 nitrogen and oxygen atoms in total. The minimum absolute atomic E-state index is 0.371. The summed E-state index contributed by atoms with van der Waals surface area (Å²) < 4.78 is 4.67. The van der Waals surface area contributed by atoms with Gasteiger partial charge in [-0.1, -0.05) is 13.2 Å². The van der Waals surface area contributed by atoms with E-state index in [-0.39, 0.29) is 5.97 Å². The molecule has 0 bridgehead atoms. The number of thioether (sulfide) groups is 1. The minimum Gasteiger partial charge on any atom is -0.462 e. The predicted octanol–water partition coefficient (Wildman–Crippen LogP) is 1.59. The van der Waals surface area contributed by atoms with Gasteiger partial charge in [-0.25, -0.2) is 4.79 Å². The number of hydrogen-bond acceptors (Lipinski definition) is 3. The molecule has 0 saturated carbocycles. The van der Waals surface area contributed by atoms with Gasteiger partial charge >= 0.3 is 5.97 Å². The van der Waals surface area contributed by atoms with Gasteiger partial charge in [0.25, 0.3) is 0 Å². The van der Waals surface area contributed by atoms with Crippen LogP contribution in [0.2, 0.25) is 0 Å². The third-order valence-electron chi connectivity index (χ3n) is 0.730. The summed E-state index contributed by atoms with van der Waals surface area (Å²) in [6.07, 6.45) is 1.15. The SMILES string of the molecule is C=CSCCOC(=O)C=C. The predicted molar refractivity (Wildman–Crippen MR) is 43.8 cm³/mol. The molecule has 0 aliphatic heterocycles. The molecule has 0 saturated heterocycles. The van der Waals surface area contributed by atoms with E-state index < -0.39 is 0 Å². The second kappa shape index (κ2) is 6.42. The van der Waals surface area contributed by atoms with Crippen LogP contribution in [0.1, 0.15) is 0 Å². The number of ether oxygens (including phenoxy) is 1. The highest BCUT2D eigenvalue weighted by molar-refractivity contribution is 8.02. The van der Waals surface area contributed by atoms with Crippen molar-refractivity contribution in [1.29, 1.82) is 0 Å². The zero-order valence-electron chi connectivity index (χ0n) is 5.71. The Bertz CT molecular complexity index is 132. The van der Waals surface area contributed by atoms with Gasteiger partial charge in [0.2, 0.25) is 0 Å². The largest absolute Gasteiger partial charge is 0.462 e. The summed E-state index contributed by atoms with van der Waals surface area (Å²) in [4.78, 5) is 10.4. The fourth-order valence-corrected chi connectivity index (χ4v) is 0.679. The van der Waals surface area contributed by atoms with Crippen LogP contribution in [0.25, 0.3) is 0 Å². The van der Waals surface area contributed by atoms with Gasteiger partial charge < -0.3 is 4.74 Å². The summed E-state index contributed by atoms with van der Waals surface area (Å²) in [5, 5.41) is 1.71.